The van der Waals surface area contributed by atoms with Gasteiger partial charge in [0.1, 0.15) is 29.8 Å². The van der Waals surface area contributed by atoms with Crippen molar-refractivity contribution in [3.05, 3.63) is 94.6 Å². The molecule has 414 valence electrons. The molecule has 9 rings (SSSR count). The summed E-state index contributed by atoms with van der Waals surface area (Å²) in [5, 5.41) is 16.9. The maximum Gasteiger partial charge on any atom is 0.419 e. The highest BCUT2D eigenvalue weighted by Gasteiger charge is 2.50. The number of nitrogens with one attached hydrogen (secondary N) is 6. The van der Waals surface area contributed by atoms with E-state index in [2.05, 4.69) is 31.9 Å². The van der Waals surface area contributed by atoms with Crippen molar-refractivity contribution in [2.75, 3.05) is 43.9 Å². The Bertz CT molecular complexity index is 2800. The van der Waals surface area contributed by atoms with Crippen molar-refractivity contribution >= 4 is 53.0 Å². The second-order valence-corrected chi connectivity index (χ2v) is 20.7. The van der Waals surface area contributed by atoms with Gasteiger partial charge in [-0.05, 0) is 125 Å². The Labute approximate surface area is 437 Å². The lowest BCUT2D eigenvalue weighted by Crippen LogP contribution is -2.62. The molecule has 25 heteroatoms. The molecule has 2 aliphatic carbocycles. The first-order valence-electron chi connectivity index (χ1n) is 25.7. The molecule has 6 aliphatic rings. The minimum absolute atomic E-state index is 0.0550. The molecule has 77 heavy (non-hydrogen) atoms. The van der Waals surface area contributed by atoms with E-state index in [-0.39, 0.29) is 63.3 Å². The number of carbonyl (C=O) groups excluding carboxylic acids is 7. The largest absolute Gasteiger partial charge is 0.419 e. The second-order valence-electron chi connectivity index (χ2n) is 20.7. The van der Waals surface area contributed by atoms with Crippen LogP contribution in [-0.4, -0.2) is 143 Å². The van der Waals surface area contributed by atoms with Crippen molar-refractivity contribution in [3.8, 4) is 0 Å². The smallest absolute Gasteiger partial charge is 0.351 e. The summed E-state index contributed by atoms with van der Waals surface area (Å²) in [6.45, 7) is 1.78. The van der Waals surface area contributed by atoms with E-state index < -0.39 is 119 Å². The Balaban J connectivity index is 0.764. The van der Waals surface area contributed by atoms with E-state index in [1.54, 1.807) is 43.1 Å². The second kappa shape index (κ2) is 21.8. The Hall–Kier alpha value is -7.05. The van der Waals surface area contributed by atoms with Crippen LogP contribution >= 0.6 is 0 Å². The fraction of sp³-hybridized carbons (Fsp3) is 0.519. The summed E-state index contributed by atoms with van der Waals surface area (Å²) in [5.74, 6) is -5.89. The molecule has 17 nitrogen and oxygen atoms in total. The molecule has 6 fully saturated rings. The summed E-state index contributed by atoms with van der Waals surface area (Å²) >= 11 is 0. The van der Waals surface area contributed by atoms with Gasteiger partial charge >= 0.3 is 24.4 Å². The third-order valence-corrected chi connectivity index (χ3v) is 15.7. The van der Waals surface area contributed by atoms with Gasteiger partial charge in [-0.3, -0.25) is 24.0 Å². The van der Waals surface area contributed by atoms with Crippen LogP contribution in [0.5, 0.6) is 0 Å². The highest BCUT2D eigenvalue weighted by Crippen LogP contribution is 2.45. The van der Waals surface area contributed by atoms with Crippen LogP contribution in [0.2, 0.25) is 0 Å². The number of urea groups is 2. The number of anilines is 2. The molecule has 0 bridgehead atoms. The predicted octanol–water partition coefficient (Wildman–Crippen LogP) is 6.02. The van der Waals surface area contributed by atoms with Gasteiger partial charge in [0.25, 0.3) is 0 Å². The fourth-order valence-corrected chi connectivity index (χ4v) is 11.2. The van der Waals surface area contributed by atoms with Gasteiger partial charge in [-0.15, -0.1) is 0 Å². The number of benzene rings is 3. The monoisotopic (exact) mass is 1090 g/mol. The molecule has 2 saturated carbocycles. The zero-order valence-corrected chi connectivity index (χ0v) is 41.9. The van der Waals surface area contributed by atoms with Gasteiger partial charge in [0, 0.05) is 73.4 Å². The average Bonchev–Trinajstić information content (AvgIpc) is 4.24. The van der Waals surface area contributed by atoms with Crippen LogP contribution in [0.15, 0.2) is 60.7 Å². The number of carbonyl (C=O) groups is 7. The molecule has 0 aromatic heterocycles. The number of hydrogen-bond donors (Lipinski definition) is 6. The summed E-state index contributed by atoms with van der Waals surface area (Å²) in [4.78, 5) is 102. The van der Waals surface area contributed by atoms with Crippen LogP contribution in [0.3, 0.4) is 0 Å². The summed E-state index contributed by atoms with van der Waals surface area (Å²) in [5.41, 5.74) is -1.39. The quantitative estimate of drug-likeness (QED) is 0.125. The summed E-state index contributed by atoms with van der Waals surface area (Å²) in [6.07, 6.45) is -6.74. The van der Waals surface area contributed by atoms with Gasteiger partial charge in [-0.25, -0.2) is 18.4 Å². The lowest BCUT2D eigenvalue weighted by molar-refractivity contribution is -0.144. The number of fused-ring (bicyclic) bond motifs is 2. The maximum atomic E-state index is 14.4. The number of likely N-dealkylation sites (N-methyl/N-ethyl adjacent to an activating group) is 1. The molecular weight excluding hydrogens is 1030 g/mol. The number of alkyl halides is 6. The van der Waals surface area contributed by atoms with Gasteiger partial charge in [-0.1, -0.05) is 12.1 Å². The standard InChI is InChI=1S/C52H58F8N10O7/c1-26(61-2)45(72)66-41-25-68(19-16-32-10-14-43(70(32)48(41)75)47(74)65-40-24-34(40)28-4-12-36(38(54)22-28)52(58,59)60)50(77)63-30-7-5-29(6-8-30)62-49(76)67-18-15-31-9-13-42(69(31)44(71)17-20-67)46(73)64-39-23-33(39)27-3-11-35(37(53)21-27)51(55,56)57/h3-8,11-12,21-22,26,31-34,39-43,61H,9-10,13-20,23-25H2,1-2H3,(H,62,76)(H,63,77)(H,64,73)(H,65,74)(H,66,72)/t26-,31+,32+,33+,34+,39-,40-,41-,42-,43-/m0/s1. The highest BCUT2D eigenvalue weighted by atomic mass is 19.4. The topological polar surface area (TPSA) is 205 Å². The van der Waals surface area contributed by atoms with Crippen molar-refractivity contribution in [2.24, 2.45) is 0 Å². The summed E-state index contributed by atoms with van der Waals surface area (Å²) in [7, 11) is 1.56. The molecule has 0 unspecified atom stereocenters. The van der Waals surface area contributed by atoms with Gasteiger partial charge < -0.3 is 51.5 Å². The van der Waals surface area contributed by atoms with E-state index in [0.717, 1.165) is 12.1 Å². The van der Waals surface area contributed by atoms with E-state index in [4.69, 9.17) is 0 Å². The minimum Gasteiger partial charge on any atom is -0.351 e. The first-order chi connectivity index (χ1) is 36.5. The van der Waals surface area contributed by atoms with E-state index in [1.165, 1.54) is 26.8 Å². The Morgan fingerprint density at radius 1 is 0.597 bits per heavy atom. The Morgan fingerprint density at radius 3 is 1.55 bits per heavy atom. The van der Waals surface area contributed by atoms with E-state index >= 15 is 0 Å². The molecule has 0 radical (unpaired) electrons. The average molecular weight is 1090 g/mol. The van der Waals surface area contributed by atoms with E-state index in [9.17, 15) is 68.7 Å². The molecule has 9 amide bonds. The molecule has 6 N–H and O–H groups in total. The first-order valence-corrected chi connectivity index (χ1v) is 25.7. The SMILES string of the molecule is CN[C@@H](C)C(=O)N[C@H]1CN(C(=O)Nc2ccc(NC(=O)N3CCC(=O)N4[C@H](CC[C@H]4C(=O)N[C@H]4C[C@@H]4c4ccc(C(F)(F)F)c(F)c4)CC3)cc2)CC[C@H]2CC[C@@H](C(=O)N[C@H]3C[C@@H]3c3ccc(C(F)(F)F)c(F)c3)N2C1=O. The van der Waals surface area contributed by atoms with Crippen LogP contribution in [0.1, 0.15) is 98.8 Å². The van der Waals surface area contributed by atoms with Crippen LogP contribution in [0.25, 0.3) is 0 Å². The van der Waals surface area contributed by atoms with Crippen molar-refractivity contribution in [2.45, 2.75) is 137 Å². The molecule has 4 saturated heterocycles. The van der Waals surface area contributed by atoms with Gasteiger partial charge in [0.2, 0.25) is 29.5 Å². The van der Waals surface area contributed by atoms with Gasteiger partial charge in [0.05, 0.1) is 23.7 Å². The zero-order chi connectivity index (χ0) is 55.2. The Morgan fingerprint density at radius 2 is 1.06 bits per heavy atom. The fourth-order valence-electron chi connectivity index (χ4n) is 11.2. The summed E-state index contributed by atoms with van der Waals surface area (Å²) < 4.78 is 107. The molecular formula is C52H58F8N10O7. The highest BCUT2D eigenvalue weighted by molar-refractivity contribution is 5.96. The molecule has 4 heterocycles. The zero-order valence-electron chi connectivity index (χ0n) is 41.9. The van der Waals surface area contributed by atoms with Gasteiger partial charge in [0.15, 0.2) is 0 Å². The van der Waals surface area contributed by atoms with Crippen LogP contribution in [-0.2, 0) is 36.3 Å². The van der Waals surface area contributed by atoms with E-state index in [1.807, 2.05) is 0 Å². The molecule has 4 aliphatic heterocycles. The number of hydrogen-bond acceptors (Lipinski definition) is 8. The lowest BCUT2D eigenvalue weighted by Gasteiger charge is -2.39. The Kier molecular flexibility index (Phi) is 15.5. The van der Waals surface area contributed by atoms with Crippen molar-refractivity contribution in [1.82, 2.24) is 40.9 Å². The number of amides is 9. The van der Waals surface area contributed by atoms with Crippen LogP contribution < -0.4 is 31.9 Å². The third-order valence-electron chi connectivity index (χ3n) is 15.7. The molecule has 0 spiro atoms. The van der Waals surface area contributed by atoms with Crippen LogP contribution in [0.4, 0.5) is 56.1 Å². The lowest BCUT2D eigenvalue weighted by atomic mass is 10.1. The van der Waals surface area contributed by atoms with Crippen molar-refractivity contribution < 1.29 is 68.7 Å². The molecule has 3 aromatic carbocycles. The molecule has 3 aromatic rings. The normalized spacial score (nSPS) is 26.8. The first kappa shape index (κ1) is 54.7. The molecule has 10 atom stereocenters. The van der Waals surface area contributed by atoms with Gasteiger partial charge in [-0.2, -0.15) is 26.3 Å². The number of rotatable bonds is 11. The van der Waals surface area contributed by atoms with E-state index in [0.29, 0.717) is 73.2 Å². The third kappa shape index (κ3) is 12.1. The van der Waals surface area contributed by atoms with Crippen LogP contribution in [0, 0.1) is 11.6 Å². The summed E-state index contributed by atoms with van der Waals surface area (Å²) in [6, 6.07) is 5.16. The minimum atomic E-state index is -4.86. The van der Waals surface area contributed by atoms with Crippen molar-refractivity contribution in [1.29, 1.82) is 0 Å². The maximum absolute atomic E-state index is 14.4. The number of nitrogens with zero attached hydrogens (tertiary/aromatic N) is 4. The van der Waals surface area contributed by atoms with Crippen molar-refractivity contribution in [3.63, 3.8) is 0 Å². The number of halogens is 8. The predicted molar refractivity (Wildman–Crippen MR) is 261 cm³/mol.